The maximum Gasteiger partial charge on any atom is 0.257 e. The summed E-state index contributed by atoms with van der Waals surface area (Å²) in [7, 11) is 0. The van der Waals surface area contributed by atoms with Gasteiger partial charge in [-0.3, -0.25) is 0 Å². The van der Waals surface area contributed by atoms with Crippen LogP contribution in [0.15, 0.2) is 89.3 Å². The zero-order valence-corrected chi connectivity index (χ0v) is 48.2. The third kappa shape index (κ3) is 7.09. The van der Waals surface area contributed by atoms with Crippen LogP contribution >= 0.6 is 0 Å². The van der Waals surface area contributed by atoms with E-state index in [1.165, 1.54) is 131 Å². The second-order valence-electron chi connectivity index (χ2n) is 29.9. The number of furan rings is 1. The molecule has 5 aliphatic rings. The first-order valence-electron chi connectivity index (χ1n) is 28.1. The number of nitrogens with zero attached hydrogens (tertiary/aromatic N) is 2. The molecule has 0 spiro atoms. The molecule has 12 rings (SSSR count). The molecule has 0 amide bonds. The van der Waals surface area contributed by atoms with Crippen LogP contribution in [0.3, 0.4) is 0 Å². The minimum Gasteiger partial charge on any atom is -0.457 e. The van der Waals surface area contributed by atoms with Crippen molar-refractivity contribution in [1.29, 1.82) is 0 Å². The minimum atomic E-state index is -0.132. The molecule has 3 aliphatic carbocycles. The van der Waals surface area contributed by atoms with Gasteiger partial charge in [0.05, 0.1) is 0 Å². The molecule has 73 heavy (non-hydrogen) atoms. The lowest BCUT2D eigenvalue weighted by Crippen LogP contribution is -2.62. The van der Waals surface area contributed by atoms with E-state index in [0.717, 1.165) is 30.4 Å². The Morgan fingerprint density at radius 1 is 0.411 bits per heavy atom. The van der Waals surface area contributed by atoms with Gasteiger partial charge in [-0.15, -0.1) is 0 Å². The van der Waals surface area contributed by atoms with Crippen molar-refractivity contribution >= 4 is 79.2 Å². The Bertz CT molecular complexity index is 3520. The molecule has 0 atom stereocenters. The zero-order valence-electron chi connectivity index (χ0n) is 48.2. The third-order valence-corrected chi connectivity index (χ3v) is 19.9. The average molecular weight is 967 g/mol. The number of fused-ring (bicyclic) bond motifs is 11. The van der Waals surface area contributed by atoms with Crippen LogP contribution in [-0.2, 0) is 43.3 Å². The SMILES string of the molecule is Cc1cc2c(cc1N1c3cc(C(C)(C)C)cc4c3B(c3cc5c(cc3N4c3ccc4c(c3)C(C)(C)CCC4(C)C)C(C)(C)CCC5(C)C)c3c1ccc1c3oc3ccc(C(C)(C)C)cc31)C(C)(C)CCC2(C)C. The highest BCUT2D eigenvalue weighted by Crippen LogP contribution is 2.55. The van der Waals surface area contributed by atoms with E-state index < -0.39 is 0 Å². The Hall–Kier alpha value is -5.22. The van der Waals surface area contributed by atoms with Crippen LogP contribution in [0.1, 0.15) is 213 Å². The maximum atomic E-state index is 7.45. The number of benzene rings is 6. The molecular weight excluding hydrogens is 884 g/mol. The van der Waals surface area contributed by atoms with Gasteiger partial charge in [-0.05, 0) is 216 Å². The van der Waals surface area contributed by atoms with E-state index in [9.17, 15) is 0 Å². The average Bonchev–Trinajstić information content (AvgIpc) is 3.68. The van der Waals surface area contributed by atoms with Crippen LogP contribution in [0.5, 0.6) is 0 Å². The van der Waals surface area contributed by atoms with Gasteiger partial charge in [0, 0.05) is 44.9 Å². The van der Waals surface area contributed by atoms with E-state index >= 15 is 0 Å². The van der Waals surface area contributed by atoms with Crippen LogP contribution in [-0.4, -0.2) is 6.71 Å². The Morgan fingerprint density at radius 3 is 1.47 bits per heavy atom. The van der Waals surface area contributed by atoms with Crippen molar-refractivity contribution in [2.45, 2.75) is 213 Å². The molecule has 0 saturated heterocycles. The van der Waals surface area contributed by atoms with Gasteiger partial charge in [-0.2, -0.15) is 0 Å². The van der Waals surface area contributed by atoms with Crippen LogP contribution < -0.4 is 26.2 Å². The van der Waals surface area contributed by atoms with Crippen molar-refractivity contribution in [1.82, 2.24) is 0 Å². The van der Waals surface area contributed by atoms with Crippen LogP contribution in [0, 0.1) is 6.92 Å². The summed E-state index contributed by atoms with van der Waals surface area (Å²) in [5.74, 6) is 0. The smallest absolute Gasteiger partial charge is 0.257 e. The molecule has 3 nitrogen and oxygen atoms in total. The molecular formula is C69H83BN2O. The summed E-state index contributed by atoms with van der Waals surface area (Å²) in [6, 6.07) is 35.2. The molecule has 6 aromatic carbocycles. The molecule has 3 heterocycles. The largest absolute Gasteiger partial charge is 0.457 e. The fourth-order valence-corrected chi connectivity index (χ4v) is 14.5. The van der Waals surface area contributed by atoms with Crippen molar-refractivity contribution in [2.75, 3.05) is 9.80 Å². The highest BCUT2D eigenvalue weighted by molar-refractivity contribution is 7.01. The Morgan fingerprint density at radius 2 is 0.904 bits per heavy atom. The van der Waals surface area contributed by atoms with Gasteiger partial charge in [0.2, 0.25) is 0 Å². The van der Waals surface area contributed by atoms with E-state index in [1.54, 1.807) is 0 Å². The quantitative estimate of drug-likeness (QED) is 0.161. The number of hydrogen-bond acceptors (Lipinski definition) is 3. The summed E-state index contributed by atoms with van der Waals surface area (Å²) in [6.45, 7) is 46.2. The predicted molar refractivity (Wildman–Crippen MR) is 316 cm³/mol. The molecule has 0 fully saturated rings. The molecule has 2 aliphatic heterocycles. The van der Waals surface area contributed by atoms with E-state index in [-0.39, 0.29) is 50.0 Å². The first-order valence-corrected chi connectivity index (χ1v) is 28.1. The van der Waals surface area contributed by atoms with Crippen LogP contribution in [0.25, 0.3) is 21.9 Å². The lowest BCUT2D eigenvalue weighted by atomic mass is 9.32. The van der Waals surface area contributed by atoms with Crippen LogP contribution in [0.4, 0.5) is 34.1 Å². The highest BCUT2D eigenvalue weighted by atomic mass is 16.3. The number of hydrogen-bond donors (Lipinski definition) is 0. The first kappa shape index (κ1) is 48.7. The Labute approximate surface area is 439 Å². The predicted octanol–water partition coefficient (Wildman–Crippen LogP) is 17.6. The van der Waals surface area contributed by atoms with Crippen molar-refractivity contribution in [2.24, 2.45) is 0 Å². The normalized spacial score (nSPS) is 20.5. The van der Waals surface area contributed by atoms with Gasteiger partial charge in [0.1, 0.15) is 11.2 Å². The number of rotatable bonds is 2. The number of aryl methyl sites for hydroxylation is 1. The lowest BCUT2D eigenvalue weighted by molar-refractivity contribution is 0.332. The molecule has 0 N–H and O–H groups in total. The maximum absolute atomic E-state index is 7.45. The molecule has 1 aromatic heterocycles. The molecule has 0 unspecified atom stereocenters. The minimum absolute atomic E-state index is 0.000797. The Kier molecular flexibility index (Phi) is 10.0. The van der Waals surface area contributed by atoms with Gasteiger partial charge in [-0.1, -0.05) is 149 Å². The monoisotopic (exact) mass is 967 g/mol. The second kappa shape index (κ2) is 15.0. The standard InChI is InChI=1S/C69H83BN2O/c1-40-32-47-50(68(16,17)30-28-65(47,10)11)38-54(40)72-53-24-22-44-45-33-41(62(2,3)4)20-25-58(45)73-61(44)60(53)70-52-37-49-51(69(18,19)31-29-67(49,14)15)39-55(52)71(56-34-42(63(5,6)7)35-57(72)59(56)70)43-21-23-46-48(36-43)66(12,13)27-26-64(46,8)9/h20-25,32-39H,26-31H2,1-19H3. The lowest BCUT2D eigenvalue weighted by Gasteiger charge is -2.48. The summed E-state index contributed by atoms with van der Waals surface area (Å²) in [6.07, 6.45) is 7.04. The summed E-state index contributed by atoms with van der Waals surface area (Å²) < 4.78 is 7.45. The van der Waals surface area contributed by atoms with Crippen molar-refractivity contribution in [3.05, 3.63) is 135 Å². The molecule has 378 valence electrons. The van der Waals surface area contributed by atoms with Crippen molar-refractivity contribution in [3.63, 3.8) is 0 Å². The highest BCUT2D eigenvalue weighted by Gasteiger charge is 2.50. The summed E-state index contributed by atoms with van der Waals surface area (Å²) in [5, 5.41) is 2.40. The van der Waals surface area contributed by atoms with E-state index in [0.29, 0.717) is 0 Å². The van der Waals surface area contributed by atoms with Crippen LogP contribution in [0.2, 0.25) is 0 Å². The summed E-state index contributed by atoms with van der Waals surface area (Å²) in [5.41, 5.74) is 26.8. The van der Waals surface area contributed by atoms with Gasteiger partial charge in [0.15, 0.2) is 0 Å². The zero-order chi connectivity index (χ0) is 52.3. The third-order valence-electron chi connectivity index (χ3n) is 19.9. The van der Waals surface area contributed by atoms with Gasteiger partial charge >= 0.3 is 0 Å². The first-order chi connectivity index (χ1) is 33.8. The second-order valence-corrected chi connectivity index (χ2v) is 29.9. The van der Waals surface area contributed by atoms with E-state index in [2.05, 4.69) is 226 Å². The van der Waals surface area contributed by atoms with Crippen molar-refractivity contribution < 1.29 is 4.42 Å². The molecule has 0 radical (unpaired) electrons. The molecule has 4 heteroatoms. The van der Waals surface area contributed by atoms with E-state index in [1.807, 2.05) is 0 Å². The topological polar surface area (TPSA) is 19.6 Å². The number of anilines is 6. The van der Waals surface area contributed by atoms with Gasteiger partial charge in [-0.25, -0.2) is 0 Å². The Balaban J connectivity index is 1.26. The molecule has 7 aromatic rings. The fourth-order valence-electron chi connectivity index (χ4n) is 14.5. The van der Waals surface area contributed by atoms with Crippen molar-refractivity contribution in [3.8, 4) is 0 Å². The summed E-state index contributed by atoms with van der Waals surface area (Å²) in [4.78, 5) is 5.44. The van der Waals surface area contributed by atoms with Gasteiger partial charge in [0.25, 0.3) is 6.71 Å². The van der Waals surface area contributed by atoms with E-state index in [4.69, 9.17) is 4.42 Å². The summed E-state index contributed by atoms with van der Waals surface area (Å²) >= 11 is 0. The molecule has 0 bridgehead atoms. The fraction of sp³-hybridized carbons (Fsp3) is 0.478. The molecule has 0 saturated carbocycles. The van der Waals surface area contributed by atoms with Gasteiger partial charge < -0.3 is 14.2 Å².